The largest absolute Gasteiger partial charge is 0.409 e. The van der Waals surface area contributed by atoms with Crippen LogP contribution in [0.4, 0.5) is 0 Å². The second kappa shape index (κ2) is 5.82. The summed E-state index contributed by atoms with van der Waals surface area (Å²) in [6, 6.07) is -0.133. The van der Waals surface area contributed by atoms with Gasteiger partial charge < -0.3 is 21.4 Å². The van der Waals surface area contributed by atoms with Crippen molar-refractivity contribution in [2.45, 2.75) is 33.2 Å². The Kier molecular flexibility index (Phi) is 5.49. The van der Waals surface area contributed by atoms with Crippen LogP contribution >= 0.6 is 0 Å². The molecule has 0 bridgehead atoms. The zero-order chi connectivity index (χ0) is 11.2. The van der Waals surface area contributed by atoms with Gasteiger partial charge in [-0.15, -0.1) is 0 Å². The third-order valence-corrected chi connectivity index (χ3v) is 2.14. The number of nitrogens with one attached hydrogen (secondary N) is 1. The van der Waals surface area contributed by atoms with Gasteiger partial charge in [0.1, 0.15) is 0 Å². The summed E-state index contributed by atoms with van der Waals surface area (Å²) in [7, 11) is 0. The molecule has 14 heavy (non-hydrogen) atoms. The highest BCUT2D eigenvalue weighted by Gasteiger charge is 2.19. The monoisotopic (exact) mass is 203 g/mol. The lowest BCUT2D eigenvalue weighted by molar-refractivity contribution is 0.155. The fraction of sp³-hybridized carbons (Fsp3) is 0.889. The number of nitrogens with two attached hydrogens (primary N) is 1. The predicted octanol–water partition coefficient (Wildman–Crippen LogP) is 0.120. The Morgan fingerprint density at radius 2 is 2.14 bits per heavy atom. The maximum atomic E-state index is 9.02. The van der Waals surface area contributed by atoms with Crippen LogP contribution in [0, 0.1) is 5.41 Å². The molecule has 0 fully saturated rings. The third-order valence-electron chi connectivity index (χ3n) is 2.14. The van der Waals surface area contributed by atoms with Gasteiger partial charge in [0.05, 0.1) is 6.04 Å². The molecule has 1 atom stereocenters. The van der Waals surface area contributed by atoms with Gasteiger partial charge in [-0.05, 0) is 6.42 Å². The number of aliphatic hydroxyl groups excluding tert-OH is 1. The van der Waals surface area contributed by atoms with E-state index in [1.165, 1.54) is 0 Å². The number of hydrogen-bond donors (Lipinski definition) is 4. The number of amidine groups is 1. The summed E-state index contributed by atoms with van der Waals surface area (Å²) in [6.07, 6.45) is 0.747. The summed E-state index contributed by atoms with van der Waals surface area (Å²) in [5, 5.41) is 23.6. The SMILES string of the molecule is CCC(NCC(C)(C)CO)C(N)=NO. The lowest BCUT2D eigenvalue weighted by Gasteiger charge is -2.25. The minimum Gasteiger partial charge on any atom is -0.409 e. The van der Waals surface area contributed by atoms with Gasteiger partial charge in [-0.2, -0.15) is 0 Å². The van der Waals surface area contributed by atoms with Crippen molar-refractivity contribution in [1.82, 2.24) is 5.32 Å². The third kappa shape index (κ3) is 4.43. The lowest BCUT2D eigenvalue weighted by atomic mass is 9.94. The molecule has 0 aromatic heterocycles. The van der Waals surface area contributed by atoms with Crippen LogP contribution in [0.5, 0.6) is 0 Å². The quantitative estimate of drug-likeness (QED) is 0.213. The topological polar surface area (TPSA) is 90.9 Å². The highest BCUT2D eigenvalue weighted by Crippen LogP contribution is 2.11. The minimum absolute atomic E-state index is 0.104. The van der Waals surface area contributed by atoms with Crippen LogP contribution in [0.1, 0.15) is 27.2 Å². The van der Waals surface area contributed by atoms with Gasteiger partial charge in [0, 0.05) is 18.6 Å². The van der Waals surface area contributed by atoms with Crippen molar-refractivity contribution in [1.29, 1.82) is 0 Å². The van der Waals surface area contributed by atoms with E-state index in [9.17, 15) is 0 Å². The smallest absolute Gasteiger partial charge is 0.156 e. The van der Waals surface area contributed by atoms with Gasteiger partial charge in [-0.25, -0.2) is 0 Å². The van der Waals surface area contributed by atoms with Crippen molar-refractivity contribution in [3.05, 3.63) is 0 Å². The molecule has 0 aliphatic rings. The molecular weight excluding hydrogens is 182 g/mol. The van der Waals surface area contributed by atoms with Gasteiger partial charge in [0.25, 0.3) is 0 Å². The first-order valence-corrected chi connectivity index (χ1v) is 4.78. The second-order valence-electron chi connectivity index (χ2n) is 4.19. The summed E-state index contributed by atoms with van der Waals surface area (Å²) < 4.78 is 0. The highest BCUT2D eigenvalue weighted by atomic mass is 16.4. The Morgan fingerprint density at radius 1 is 1.57 bits per heavy atom. The molecule has 5 heteroatoms. The number of hydrogen-bond acceptors (Lipinski definition) is 4. The molecule has 0 rings (SSSR count). The zero-order valence-electron chi connectivity index (χ0n) is 9.12. The number of oxime groups is 1. The summed E-state index contributed by atoms with van der Waals surface area (Å²) >= 11 is 0. The van der Waals surface area contributed by atoms with E-state index in [4.69, 9.17) is 16.0 Å². The molecule has 84 valence electrons. The van der Waals surface area contributed by atoms with E-state index in [-0.39, 0.29) is 23.9 Å². The Labute approximate surface area is 85.0 Å². The molecule has 0 amide bonds. The van der Waals surface area contributed by atoms with Crippen molar-refractivity contribution in [2.75, 3.05) is 13.2 Å². The van der Waals surface area contributed by atoms with Crippen LogP contribution in [-0.4, -0.2) is 35.3 Å². The van der Waals surface area contributed by atoms with Crippen molar-refractivity contribution in [3.63, 3.8) is 0 Å². The Morgan fingerprint density at radius 3 is 2.50 bits per heavy atom. The molecule has 5 N–H and O–H groups in total. The standard InChI is InChI=1S/C9H21N3O2/c1-4-7(8(10)12-14)11-5-9(2,3)6-13/h7,11,13-14H,4-6H2,1-3H3,(H2,10,12). The maximum absolute atomic E-state index is 9.02. The molecule has 0 aromatic carbocycles. The molecule has 0 aliphatic heterocycles. The summed E-state index contributed by atoms with van der Waals surface area (Å²) in [6.45, 7) is 6.56. The van der Waals surface area contributed by atoms with E-state index in [0.717, 1.165) is 6.42 Å². The van der Waals surface area contributed by atoms with E-state index in [0.29, 0.717) is 6.54 Å². The fourth-order valence-corrected chi connectivity index (χ4v) is 0.983. The normalized spacial score (nSPS) is 15.6. The van der Waals surface area contributed by atoms with Crippen molar-refractivity contribution < 1.29 is 10.3 Å². The molecule has 0 saturated heterocycles. The lowest BCUT2D eigenvalue weighted by Crippen LogP contribution is -2.45. The van der Waals surface area contributed by atoms with Gasteiger partial charge in [-0.1, -0.05) is 25.9 Å². The molecule has 0 radical (unpaired) electrons. The van der Waals surface area contributed by atoms with E-state index in [1.54, 1.807) is 0 Å². The summed E-state index contributed by atoms with van der Waals surface area (Å²) in [5.74, 6) is 0.182. The maximum Gasteiger partial charge on any atom is 0.156 e. The second-order valence-corrected chi connectivity index (χ2v) is 4.19. The average Bonchev–Trinajstić information content (AvgIpc) is 2.18. The van der Waals surface area contributed by atoms with Crippen molar-refractivity contribution >= 4 is 5.84 Å². The zero-order valence-corrected chi connectivity index (χ0v) is 9.12. The van der Waals surface area contributed by atoms with E-state index < -0.39 is 0 Å². The molecule has 0 aliphatic carbocycles. The molecule has 0 aromatic rings. The Hall–Kier alpha value is -0.810. The summed E-state index contributed by atoms with van der Waals surface area (Å²) in [5.41, 5.74) is 5.28. The molecule has 0 heterocycles. The fourth-order valence-electron chi connectivity index (χ4n) is 0.983. The average molecular weight is 203 g/mol. The first-order valence-electron chi connectivity index (χ1n) is 4.78. The Balaban J connectivity index is 4.09. The van der Waals surface area contributed by atoms with Crippen LogP contribution in [0.25, 0.3) is 0 Å². The van der Waals surface area contributed by atoms with Gasteiger partial charge in [-0.3, -0.25) is 0 Å². The highest BCUT2D eigenvalue weighted by molar-refractivity contribution is 5.85. The van der Waals surface area contributed by atoms with Crippen molar-refractivity contribution in [3.8, 4) is 0 Å². The van der Waals surface area contributed by atoms with Crippen LogP contribution < -0.4 is 11.1 Å². The van der Waals surface area contributed by atoms with Crippen molar-refractivity contribution in [2.24, 2.45) is 16.3 Å². The van der Waals surface area contributed by atoms with Gasteiger partial charge >= 0.3 is 0 Å². The van der Waals surface area contributed by atoms with E-state index in [1.807, 2.05) is 20.8 Å². The first-order chi connectivity index (χ1) is 6.46. The molecule has 0 spiro atoms. The van der Waals surface area contributed by atoms with Gasteiger partial charge in [0.2, 0.25) is 0 Å². The number of rotatable bonds is 6. The molecule has 0 saturated carbocycles. The van der Waals surface area contributed by atoms with Crippen LogP contribution in [0.2, 0.25) is 0 Å². The molecular formula is C9H21N3O2. The molecule has 1 unspecified atom stereocenters. The molecule has 5 nitrogen and oxygen atoms in total. The predicted molar refractivity (Wildman–Crippen MR) is 56.4 cm³/mol. The number of aliphatic hydroxyl groups is 1. The van der Waals surface area contributed by atoms with Crippen LogP contribution in [0.15, 0.2) is 5.16 Å². The Bertz CT molecular complexity index is 192. The summed E-state index contributed by atoms with van der Waals surface area (Å²) in [4.78, 5) is 0. The minimum atomic E-state index is -0.191. The van der Waals surface area contributed by atoms with E-state index >= 15 is 0 Å². The van der Waals surface area contributed by atoms with Gasteiger partial charge in [0.15, 0.2) is 5.84 Å². The van der Waals surface area contributed by atoms with Crippen LogP contribution in [0.3, 0.4) is 0 Å². The van der Waals surface area contributed by atoms with E-state index in [2.05, 4.69) is 10.5 Å². The van der Waals surface area contributed by atoms with Crippen LogP contribution in [-0.2, 0) is 0 Å². The first kappa shape index (κ1) is 13.2. The number of nitrogens with zero attached hydrogens (tertiary/aromatic N) is 1.